The van der Waals surface area contributed by atoms with Crippen molar-refractivity contribution in [3.63, 3.8) is 0 Å². The van der Waals surface area contributed by atoms with Gasteiger partial charge in [-0.15, -0.1) is 0 Å². The molecule has 1 aliphatic rings. The molecule has 1 aliphatic heterocycles. The van der Waals surface area contributed by atoms with E-state index in [0.29, 0.717) is 16.7 Å². The van der Waals surface area contributed by atoms with Crippen LogP contribution in [0.25, 0.3) is 16.6 Å². The minimum Gasteiger partial charge on any atom is -0.504 e. The summed E-state index contributed by atoms with van der Waals surface area (Å²) in [6.45, 7) is 1.72. The standard InChI is InChI=1S/C17H13N3O4/c1-8-15-19-11-5-3-2-4-9(11)17(24)20(15)12-7-14(22)13(21)6-10(12)16(23)18-8/h2-8,21-22H,1H3,(H,18,23). The van der Waals surface area contributed by atoms with E-state index in [1.165, 1.54) is 10.6 Å². The van der Waals surface area contributed by atoms with Gasteiger partial charge < -0.3 is 15.5 Å². The number of benzene rings is 2. The first-order valence-electron chi connectivity index (χ1n) is 7.36. The SMILES string of the molecule is CC1NC(=O)c2cc(O)c(O)cc2-n2c1nc1ccccc1c2=O. The van der Waals surface area contributed by atoms with E-state index in [4.69, 9.17) is 0 Å². The molecule has 2 heterocycles. The number of nitrogens with one attached hydrogen (secondary N) is 1. The van der Waals surface area contributed by atoms with Gasteiger partial charge in [0, 0.05) is 6.07 Å². The third-order valence-electron chi connectivity index (χ3n) is 4.11. The molecule has 24 heavy (non-hydrogen) atoms. The van der Waals surface area contributed by atoms with Crippen LogP contribution in [0.2, 0.25) is 0 Å². The average Bonchev–Trinajstić information content (AvgIpc) is 2.65. The Balaban J connectivity index is 2.19. The monoisotopic (exact) mass is 323 g/mol. The second kappa shape index (κ2) is 4.82. The molecule has 2 aromatic carbocycles. The van der Waals surface area contributed by atoms with Crippen molar-refractivity contribution in [1.82, 2.24) is 14.9 Å². The zero-order valence-electron chi connectivity index (χ0n) is 12.6. The van der Waals surface area contributed by atoms with Crippen molar-refractivity contribution in [2.75, 3.05) is 0 Å². The smallest absolute Gasteiger partial charge is 0.266 e. The summed E-state index contributed by atoms with van der Waals surface area (Å²) in [6.07, 6.45) is 0. The minimum absolute atomic E-state index is 0.0927. The van der Waals surface area contributed by atoms with Crippen LogP contribution in [0.5, 0.6) is 11.5 Å². The summed E-state index contributed by atoms with van der Waals surface area (Å²) >= 11 is 0. The van der Waals surface area contributed by atoms with Crippen molar-refractivity contribution in [1.29, 1.82) is 0 Å². The van der Waals surface area contributed by atoms with E-state index < -0.39 is 23.4 Å². The first-order valence-corrected chi connectivity index (χ1v) is 7.36. The van der Waals surface area contributed by atoms with Crippen LogP contribution in [0.3, 0.4) is 0 Å². The number of aromatic hydroxyl groups is 2. The first kappa shape index (κ1) is 14.3. The first-order chi connectivity index (χ1) is 11.5. The Bertz CT molecular complexity index is 1070. The summed E-state index contributed by atoms with van der Waals surface area (Å²) in [5, 5.41) is 22.7. The van der Waals surface area contributed by atoms with Crippen molar-refractivity contribution in [3.8, 4) is 17.2 Å². The molecule has 120 valence electrons. The summed E-state index contributed by atoms with van der Waals surface area (Å²) < 4.78 is 1.30. The Morgan fingerprint density at radius 1 is 1.12 bits per heavy atom. The van der Waals surface area contributed by atoms with E-state index in [-0.39, 0.29) is 16.8 Å². The number of amides is 1. The van der Waals surface area contributed by atoms with Crippen LogP contribution in [-0.4, -0.2) is 25.7 Å². The molecule has 7 nitrogen and oxygen atoms in total. The van der Waals surface area contributed by atoms with Crippen molar-refractivity contribution in [3.05, 3.63) is 58.1 Å². The van der Waals surface area contributed by atoms with Gasteiger partial charge in [-0.05, 0) is 25.1 Å². The van der Waals surface area contributed by atoms with Crippen molar-refractivity contribution < 1.29 is 15.0 Å². The van der Waals surface area contributed by atoms with Gasteiger partial charge >= 0.3 is 0 Å². The molecule has 1 aromatic heterocycles. The van der Waals surface area contributed by atoms with Crippen LogP contribution in [-0.2, 0) is 0 Å². The predicted molar refractivity (Wildman–Crippen MR) is 86.6 cm³/mol. The average molecular weight is 323 g/mol. The summed E-state index contributed by atoms with van der Waals surface area (Å²) in [7, 11) is 0. The number of phenolic OH excluding ortho intramolecular Hbond substituents is 2. The van der Waals surface area contributed by atoms with E-state index in [2.05, 4.69) is 10.3 Å². The van der Waals surface area contributed by atoms with Crippen LogP contribution >= 0.6 is 0 Å². The van der Waals surface area contributed by atoms with Crippen LogP contribution in [0.1, 0.15) is 29.1 Å². The third kappa shape index (κ3) is 1.88. The third-order valence-corrected chi connectivity index (χ3v) is 4.11. The highest BCUT2D eigenvalue weighted by Gasteiger charge is 2.28. The number of hydrogen-bond donors (Lipinski definition) is 3. The minimum atomic E-state index is -0.522. The van der Waals surface area contributed by atoms with Gasteiger partial charge in [-0.25, -0.2) is 4.98 Å². The zero-order chi connectivity index (χ0) is 17.0. The molecule has 0 saturated carbocycles. The quantitative estimate of drug-likeness (QED) is 0.545. The molecule has 0 spiro atoms. The van der Waals surface area contributed by atoms with Gasteiger partial charge in [-0.1, -0.05) is 12.1 Å². The second-order valence-electron chi connectivity index (χ2n) is 5.68. The lowest BCUT2D eigenvalue weighted by molar-refractivity contribution is 0.0941. The Kier molecular flexibility index (Phi) is 2.86. The van der Waals surface area contributed by atoms with Gasteiger partial charge in [0.15, 0.2) is 11.5 Å². The molecule has 7 heteroatoms. The summed E-state index contributed by atoms with van der Waals surface area (Å²) in [5.74, 6) is -0.943. The molecular weight excluding hydrogens is 310 g/mol. The Labute approximate surface area is 135 Å². The van der Waals surface area contributed by atoms with Gasteiger partial charge in [0.2, 0.25) is 0 Å². The van der Waals surface area contributed by atoms with E-state index >= 15 is 0 Å². The Hall–Kier alpha value is -3.35. The number of aromatic nitrogens is 2. The summed E-state index contributed by atoms with van der Waals surface area (Å²) in [5.41, 5.74) is 0.465. The highest BCUT2D eigenvalue weighted by molar-refractivity contribution is 5.99. The number of hydrogen-bond acceptors (Lipinski definition) is 5. The van der Waals surface area contributed by atoms with Crippen LogP contribution < -0.4 is 10.9 Å². The molecule has 3 N–H and O–H groups in total. The van der Waals surface area contributed by atoms with E-state index in [9.17, 15) is 19.8 Å². The molecule has 0 radical (unpaired) electrons. The number of carbonyl (C=O) groups is 1. The molecule has 0 saturated heterocycles. The van der Waals surface area contributed by atoms with E-state index in [0.717, 1.165) is 6.07 Å². The summed E-state index contributed by atoms with van der Waals surface area (Å²) in [4.78, 5) is 29.9. The lowest BCUT2D eigenvalue weighted by atomic mass is 10.1. The molecule has 3 aromatic rings. The number of phenols is 2. The number of carbonyl (C=O) groups excluding carboxylic acids is 1. The molecule has 1 amide bonds. The molecule has 4 rings (SSSR count). The normalized spacial score (nSPS) is 16.2. The fraction of sp³-hybridized carbons (Fsp3) is 0.118. The van der Waals surface area contributed by atoms with Gasteiger partial charge in [-0.2, -0.15) is 0 Å². The van der Waals surface area contributed by atoms with Crippen LogP contribution in [0.4, 0.5) is 0 Å². The number of para-hydroxylation sites is 1. The second-order valence-corrected chi connectivity index (χ2v) is 5.68. The molecule has 1 atom stereocenters. The molecular formula is C17H13N3O4. The largest absolute Gasteiger partial charge is 0.504 e. The van der Waals surface area contributed by atoms with E-state index in [1.54, 1.807) is 31.2 Å². The maximum atomic E-state index is 13.0. The van der Waals surface area contributed by atoms with Crippen molar-refractivity contribution >= 4 is 16.8 Å². The van der Waals surface area contributed by atoms with Crippen LogP contribution in [0, 0.1) is 0 Å². The maximum Gasteiger partial charge on any atom is 0.266 e. The number of fused-ring (bicyclic) bond motifs is 4. The van der Waals surface area contributed by atoms with Gasteiger partial charge in [0.1, 0.15) is 5.82 Å². The molecule has 0 fully saturated rings. The highest BCUT2D eigenvalue weighted by Crippen LogP contribution is 2.33. The fourth-order valence-electron chi connectivity index (χ4n) is 2.94. The Morgan fingerprint density at radius 3 is 2.62 bits per heavy atom. The van der Waals surface area contributed by atoms with Gasteiger partial charge in [-0.3, -0.25) is 14.2 Å². The molecule has 1 unspecified atom stereocenters. The van der Waals surface area contributed by atoms with Crippen LogP contribution in [0.15, 0.2) is 41.2 Å². The highest BCUT2D eigenvalue weighted by atomic mass is 16.3. The van der Waals surface area contributed by atoms with Gasteiger partial charge in [0.05, 0.1) is 28.2 Å². The zero-order valence-corrected chi connectivity index (χ0v) is 12.6. The lowest BCUT2D eigenvalue weighted by Gasteiger charge is -2.15. The van der Waals surface area contributed by atoms with Crippen molar-refractivity contribution in [2.45, 2.75) is 13.0 Å². The predicted octanol–water partition coefficient (Wildman–Crippen LogP) is 1.60. The van der Waals surface area contributed by atoms with Gasteiger partial charge in [0.25, 0.3) is 11.5 Å². The number of nitrogens with zero attached hydrogens (tertiary/aromatic N) is 2. The van der Waals surface area contributed by atoms with Crippen molar-refractivity contribution in [2.24, 2.45) is 0 Å². The summed E-state index contributed by atoms with van der Waals surface area (Å²) in [6, 6.07) is 8.72. The topological polar surface area (TPSA) is 104 Å². The maximum absolute atomic E-state index is 13.0. The lowest BCUT2D eigenvalue weighted by Crippen LogP contribution is -2.28. The fourth-order valence-corrected chi connectivity index (χ4v) is 2.94. The Morgan fingerprint density at radius 2 is 1.83 bits per heavy atom. The number of rotatable bonds is 0. The van der Waals surface area contributed by atoms with E-state index in [1.807, 2.05) is 0 Å². The molecule has 0 aliphatic carbocycles. The molecule has 0 bridgehead atoms.